The largest absolute Gasteiger partial charge is 0.389 e. The Bertz CT molecular complexity index is 291. The Balaban J connectivity index is 1.36. The molecule has 2 aliphatic carbocycles. The zero-order valence-electron chi connectivity index (χ0n) is 12.8. The number of nitrogens with zero attached hydrogens (tertiary/aromatic N) is 1. The van der Waals surface area contributed by atoms with E-state index in [4.69, 9.17) is 4.74 Å². The van der Waals surface area contributed by atoms with E-state index >= 15 is 0 Å². The fourth-order valence-electron chi connectivity index (χ4n) is 4.49. The van der Waals surface area contributed by atoms with Crippen molar-refractivity contribution in [2.24, 2.45) is 11.8 Å². The van der Waals surface area contributed by atoms with Gasteiger partial charge in [-0.1, -0.05) is 32.1 Å². The zero-order chi connectivity index (χ0) is 13.8. The van der Waals surface area contributed by atoms with E-state index in [1.165, 1.54) is 70.9 Å². The predicted octanol–water partition coefficient (Wildman–Crippen LogP) is 2.82. The average molecular weight is 281 g/mol. The molecule has 3 fully saturated rings. The molecule has 116 valence electrons. The van der Waals surface area contributed by atoms with Crippen molar-refractivity contribution in [1.82, 2.24) is 4.90 Å². The molecular weight excluding hydrogens is 250 g/mol. The van der Waals surface area contributed by atoms with Crippen LogP contribution in [-0.2, 0) is 4.74 Å². The van der Waals surface area contributed by atoms with Crippen LogP contribution in [-0.4, -0.2) is 48.5 Å². The molecule has 3 rings (SSSR count). The van der Waals surface area contributed by atoms with Gasteiger partial charge in [0.1, 0.15) is 0 Å². The van der Waals surface area contributed by atoms with Gasteiger partial charge < -0.3 is 14.7 Å². The Hall–Kier alpha value is -0.120. The molecule has 3 nitrogen and oxygen atoms in total. The molecule has 0 aromatic heterocycles. The fraction of sp³-hybridized carbons (Fsp3) is 1.00. The van der Waals surface area contributed by atoms with Crippen LogP contribution in [0.1, 0.15) is 57.8 Å². The standard InChI is InChI=1S/C17H31NO2/c19-16(13-20-17-7-3-4-8-17)12-18-10-9-14-5-1-2-6-15(14)11-18/h14-17,19H,1-13H2/t14?,15?,16-/m1/s1. The number of likely N-dealkylation sites (tertiary alicyclic amines) is 1. The first-order valence-corrected chi connectivity index (χ1v) is 8.83. The summed E-state index contributed by atoms with van der Waals surface area (Å²) in [5.74, 6) is 1.88. The van der Waals surface area contributed by atoms with Crippen LogP contribution in [0.3, 0.4) is 0 Å². The summed E-state index contributed by atoms with van der Waals surface area (Å²) in [4.78, 5) is 2.48. The molecule has 1 N–H and O–H groups in total. The molecule has 0 amide bonds. The topological polar surface area (TPSA) is 32.7 Å². The second-order valence-corrected chi connectivity index (χ2v) is 7.25. The number of aliphatic hydroxyl groups excluding tert-OH is 1. The van der Waals surface area contributed by atoms with Gasteiger partial charge >= 0.3 is 0 Å². The minimum absolute atomic E-state index is 0.296. The molecule has 0 aromatic rings. The Morgan fingerprint density at radius 2 is 1.65 bits per heavy atom. The summed E-state index contributed by atoms with van der Waals surface area (Å²) in [7, 11) is 0. The molecule has 3 heteroatoms. The van der Waals surface area contributed by atoms with Gasteiger partial charge in [0.25, 0.3) is 0 Å². The number of hydrogen-bond acceptors (Lipinski definition) is 3. The van der Waals surface area contributed by atoms with Gasteiger partial charge in [0.15, 0.2) is 0 Å². The Kier molecular flexibility index (Phi) is 5.36. The van der Waals surface area contributed by atoms with Crippen molar-refractivity contribution in [2.45, 2.75) is 70.0 Å². The maximum Gasteiger partial charge on any atom is 0.0900 e. The molecule has 3 atom stereocenters. The van der Waals surface area contributed by atoms with E-state index in [0.29, 0.717) is 12.7 Å². The van der Waals surface area contributed by atoms with Crippen molar-refractivity contribution in [3.8, 4) is 0 Å². The molecule has 0 bridgehead atoms. The molecule has 2 unspecified atom stereocenters. The molecule has 20 heavy (non-hydrogen) atoms. The minimum Gasteiger partial charge on any atom is -0.389 e. The van der Waals surface area contributed by atoms with Crippen LogP contribution in [0.5, 0.6) is 0 Å². The molecular formula is C17H31NO2. The number of piperidine rings is 1. The van der Waals surface area contributed by atoms with Crippen LogP contribution in [0, 0.1) is 11.8 Å². The van der Waals surface area contributed by atoms with Gasteiger partial charge in [-0.15, -0.1) is 0 Å². The smallest absolute Gasteiger partial charge is 0.0900 e. The van der Waals surface area contributed by atoms with Crippen LogP contribution in [0.25, 0.3) is 0 Å². The van der Waals surface area contributed by atoms with Crippen molar-refractivity contribution < 1.29 is 9.84 Å². The first-order valence-electron chi connectivity index (χ1n) is 8.83. The highest BCUT2D eigenvalue weighted by Crippen LogP contribution is 2.36. The van der Waals surface area contributed by atoms with Crippen LogP contribution in [0.15, 0.2) is 0 Å². The van der Waals surface area contributed by atoms with Crippen molar-refractivity contribution in [3.63, 3.8) is 0 Å². The lowest BCUT2D eigenvalue weighted by Gasteiger charge is -2.41. The Labute approximate surface area is 123 Å². The molecule has 2 saturated carbocycles. The SMILES string of the molecule is O[C@@H](COC1CCCC1)CN1CCC2CCCCC2C1. The number of aliphatic hydroxyl groups is 1. The first kappa shape index (κ1) is 14.8. The number of rotatable bonds is 5. The van der Waals surface area contributed by atoms with Gasteiger partial charge in [-0.05, 0) is 44.1 Å². The van der Waals surface area contributed by atoms with E-state index in [0.717, 1.165) is 18.4 Å². The van der Waals surface area contributed by atoms with E-state index < -0.39 is 0 Å². The fourth-order valence-corrected chi connectivity index (χ4v) is 4.49. The van der Waals surface area contributed by atoms with Crippen molar-refractivity contribution in [3.05, 3.63) is 0 Å². The third-order valence-electron chi connectivity index (χ3n) is 5.67. The van der Waals surface area contributed by atoms with Gasteiger partial charge in [0.2, 0.25) is 0 Å². The van der Waals surface area contributed by atoms with Crippen LogP contribution in [0.2, 0.25) is 0 Å². The lowest BCUT2D eigenvalue weighted by Crippen LogP contribution is -2.45. The Morgan fingerprint density at radius 3 is 2.45 bits per heavy atom. The second kappa shape index (κ2) is 7.24. The van der Waals surface area contributed by atoms with Gasteiger partial charge in [-0.2, -0.15) is 0 Å². The van der Waals surface area contributed by atoms with E-state index in [9.17, 15) is 5.11 Å². The summed E-state index contributed by atoms with van der Waals surface area (Å²) >= 11 is 0. The zero-order valence-corrected chi connectivity index (χ0v) is 12.8. The first-order chi connectivity index (χ1) is 9.81. The molecule has 3 aliphatic rings. The molecule has 1 saturated heterocycles. The molecule has 0 radical (unpaired) electrons. The number of ether oxygens (including phenoxy) is 1. The summed E-state index contributed by atoms with van der Waals surface area (Å²) in [5, 5.41) is 10.2. The number of fused-ring (bicyclic) bond motifs is 1. The van der Waals surface area contributed by atoms with Crippen LogP contribution >= 0.6 is 0 Å². The summed E-state index contributed by atoms with van der Waals surface area (Å²) in [6.07, 6.45) is 12.2. The number of hydrogen-bond donors (Lipinski definition) is 1. The molecule has 0 spiro atoms. The van der Waals surface area contributed by atoms with Gasteiger partial charge in [0, 0.05) is 13.1 Å². The van der Waals surface area contributed by atoms with E-state index in [1.54, 1.807) is 0 Å². The van der Waals surface area contributed by atoms with Crippen molar-refractivity contribution in [2.75, 3.05) is 26.2 Å². The van der Waals surface area contributed by atoms with E-state index in [1.807, 2.05) is 0 Å². The Morgan fingerprint density at radius 1 is 0.950 bits per heavy atom. The number of β-amino-alcohol motifs (C(OH)–C–C–N with tert-alkyl or cyclic N) is 1. The van der Waals surface area contributed by atoms with Crippen molar-refractivity contribution >= 4 is 0 Å². The highest BCUT2D eigenvalue weighted by Gasteiger charge is 2.31. The minimum atomic E-state index is -0.296. The summed E-state index contributed by atoms with van der Waals surface area (Å²) in [5.41, 5.74) is 0. The lowest BCUT2D eigenvalue weighted by atomic mass is 9.75. The average Bonchev–Trinajstić information content (AvgIpc) is 2.98. The van der Waals surface area contributed by atoms with Crippen LogP contribution < -0.4 is 0 Å². The normalized spacial score (nSPS) is 34.0. The van der Waals surface area contributed by atoms with Crippen molar-refractivity contribution in [1.29, 1.82) is 0 Å². The van der Waals surface area contributed by atoms with Gasteiger partial charge in [0.05, 0.1) is 18.8 Å². The van der Waals surface area contributed by atoms with Crippen LogP contribution in [0.4, 0.5) is 0 Å². The molecule has 1 aliphatic heterocycles. The summed E-state index contributed by atoms with van der Waals surface area (Å²) in [6, 6.07) is 0. The van der Waals surface area contributed by atoms with E-state index in [-0.39, 0.29) is 6.10 Å². The van der Waals surface area contributed by atoms with Gasteiger partial charge in [-0.3, -0.25) is 0 Å². The third-order valence-corrected chi connectivity index (χ3v) is 5.67. The predicted molar refractivity (Wildman–Crippen MR) is 80.7 cm³/mol. The van der Waals surface area contributed by atoms with Gasteiger partial charge in [-0.25, -0.2) is 0 Å². The second-order valence-electron chi connectivity index (χ2n) is 7.25. The summed E-state index contributed by atoms with van der Waals surface area (Å²) < 4.78 is 5.84. The summed E-state index contributed by atoms with van der Waals surface area (Å²) in [6.45, 7) is 3.75. The third kappa shape index (κ3) is 3.96. The molecule has 1 heterocycles. The monoisotopic (exact) mass is 281 g/mol. The lowest BCUT2D eigenvalue weighted by molar-refractivity contribution is -0.0280. The van der Waals surface area contributed by atoms with E-state index in [2.05, 4.69) is 4.90 Å². The maximum absolute atomic E-state index is 10.2. The maximum atomic E-state index is 10.2. The quantitative estimate of drug-likeness (QED) is 0.841. The molecule has 0 aromatic carbocycles. The highest BCUT2D eigenvalue weighted by atomic mass is 16.5. The highest BCUT2D eigenvalue weighted by molar-refractivity contribution is 4.84.